The molecule has 0 radical (unpaired) electrons. The van der Waals surface area contributed by atoms with Gasteiger partial charge in [0.1, 0.15) is 148 Å². The van der Waals surface area contributed by atoms with Crippen molar-refractivity contribution in [3.8, 4) is 0 Å². The largest absolute Gasteiger partial charge is 0.447 e. The molecule has 0 aromatic carbocycles. The Hall–Kier alpha value is -4.32. The summed E-state index contributed by atoms with van der Waals surface area (Å²) in [7, 11) is 0. The van der Waals surface area contributed by atoms with E-state index >= 15 is 0 Å². The molecule has 0 spiro atoms. The van der Waals surface area contributed by atoms with Crippen LogP contribution in [0.4, 0.5) is 9.59 Å². The first kappa shape index (κ1) is 121. The molecular weight excluding hydrogens is 1710 g/mol. The molecule has 0 heterocycles. The number of nitrogens with zero attached hydrogens (tertiary/aromatic N) is 2. The topological polar surface area (TPSA) is 907 Å². The summed E-state index contributed by atoms with van der Waals surface area (Å²) < 4.78 is 62.2. The molecule has 4 amide bonds. The molecule has 0 aromatic rings. The number of alkyl carbamates (subject to hydrolysis) is 2. The van der Waals surface area contributed by atoms with Crippen molar-refractivity contribution in [2.24, 2.45) is 5.73 Å². The Kier molecular flexibility index (Phi) is 68.9. The Morgan fingerprint density at radius 2 is 0.432 bits per heavy atom. The van der Waals surface area contributed by atoms with E-state index in [1.54, 1.807) is 0 Å². The lowest BCUT2D eigenvalue weighted by molar-refractivity contribution is -0.130. The first-order valence-corrected chi connectivity index (χ1v) is 39.8. The van der Waals surface area contributed by atoms with E-state index in [-0.39, 0.29) is 158 Å². The Morgan fingerprint density at radius 1 is 0.248 bits per heavy atom. The minimum Gasteiger partial charge on any atom is -0.447 e. The van der Waals surface area contributed by atoms with Crippen molar-refractivity contribution in [3.63, 3.8) is 0 Å². The normalized spacial score (nSPS) is 19.3. The average molecular weight is 1850 g/mol. The van der Waals surface area contributed by atoms with Gasteiger partial charge in [0.2, 0.25) is 11.8 Å². The molecule has 0 aliphatic carbocycles. The van der Waals surface area contributed by atoms with Crippen LogP contribution in [0, 0.1) is 0 Å². The van der Waals surface area contributed by atoms with Crippen LogP contribution in [-0.2, 0) is 66.4 Å². The van der Waals surface area contributed by atoms with E-state index in [4.69, 9.17) is 83.0 Å². The van der Waals surface area contributed by atoms with Crippen LogP contribution in [0.5, 0.6) is 0 Å². The molecule has 29 atom stereocenters. The highest BCUT2D eigenvalue weighted by atomic mass is 16.6. The highest BCUT2D eigenvalue weighted by Crippen LogP contribution is 2.14. The van der Waals surface area contributed by atoms with Crippen molar-refractivity contribution in [1.82, 2.24) is 31.1 Å². The van der Waals surface area contributed by atoms with Gasteiger partial charge in [0.05, 0.1) is 208 Å². The van der Waals surface area contributed by atoms with Crippen LogP contribution in [0.15, 0.2) is 0 Å². The van der Waals surface area contributed by atoms with Crippen LogP contribution >= 0.6 is 0 Å². The smallest absolute Gasteiger partial charge is 0.407 e. The molecule has 0 aromatic heterocycles. The Balaban J connectivity index is 4.27. The van der Waals surface area contributed by atoms with E-state index in [9.17, 15) is 162 Å². The number of carbonyl (C=O) groups is 4. The Labute approximate surface area is 718 Å². The maximum atomic E-state index is 12.5. The minimum absolute atomic E-state index is 0.275. The molecule has 744 valence electrons. The van der Waals surface area contributed by atoms with Gasteiger partial charge in [0.25, 0.3) is 0 Å². The number of nitrogens with two attached hydrogens (primary N) is 1. The fourth-order valence-corrected chi connectivity index (χ4v) is 10.3. The van der Waals surface area contributed by atoms with Crippen molar-refractivity contribution in [2.75, 3.05) is 237 Å². The molecule has 0 saturated heterocycles. The second kappa shape index (κ2) is 71.4. The van der Waals surface area contributed by atoms with Crippen LogP contribution in [-0.4, -0.2) is 611 Å². The van der Waals surface area contributed by atoms with Crippen molar-refractivity contribution >= 4 is 24.0 Å². The highest BCUT2D eigenvalue weighted by Gasteiger charge is 2.37. The summed E-state index contributed by atoms with van der Waals surface area (Å²) in [6.45, 7) is -16.2. The third-order valence-electron chi connectivity index (χ3n) is 17.3. The molecule has 0 aliphatic heterocycles. The number of aliphatic hydroxyl groups excluding tert-OH is 32. The van der Waals surface area contributed by atoms with Crippen molar-refractivity contribution in [3.05, 3.63) is 0 Å². The number of amides is 4. The van der Waals surface area contributed by atoms with E-state index < -0.39 is 286 Å². The quantitative estimate of drug-likeness (QED) is 0.0269. The van der Waals surface area contributed by atoms with Crippen molar-refractivity contribution in [1.29, 1.82) is 0 Å². The third kappa shape index (κ3) is 58.9. The summed E-state index contributed by atoms with van der Waals surface area (Å²) in [5.41, 5.74) is 5.82. The highest BCUT2D eigenvalue weighted by molar-refractivity contribution is 5.88. The first-order valence-electron chi connectivity index (χ1n) is 39.8. The number of ether oxygens (including phenoxy) is 12. The van der Waals surface area contributed by atoms with E-state index in [0.29, 0.717) is 0 Å². The number of hydrogen-bond acceptors (Lipinski definition) is 51. The van der Waals surface area contributed by atoms with Gasteiger partial charge in [0.15, 0.2) is 0 Å². The maximum absolute atomic E-state index is 12.5. The number of hydrogen-bond donors (Lipinski definition) is 37. The van der Waals surface area contributed by atoms with E-state index in [0.717, 1.165) is 9.80 Å². The van der Waals surface area contributed by atoms with E-state index in [1.165, 1.54) is 0 Å². The standard InChI is InChI=1S/C70H141N7O48/c71-50(68(111)75-7-39(83)17-115-19-41(85)21-117-23-43(87)25-119-27-45(89)29-121-31-47(91)33-123-35-49(93)37-125-70(113)73-2-4-77(10-53(96)62(105)66(109)57(100)14-80)11-54(97)63(106)67(110)58(101)15-81)5-59(102)74-6-38(82)16-114-18-40(84)20-116-22-42(86)24-118-26-44(88)28-120-30-46(90)32-122-34-48(92)36-124-69(112)72-1-3-76(8-51(94)60(103)64(107)55(98)12-78)9-52(95)61(104)65(108)56(99)13-79/h38-58,60-67,78-101,103-110H,1-37,71H2,(H,72,112)(H,73,113)(H,74,102)(H,75,111)/t38?,39?,40?,41?,42?,43?,44?,45?,46?,47?,48?,49?,50-,51+,52+,53+,54+,55-,56-,57-,58-,60-,61-,62-,63-,64-,65-,66-,67-/m1/s1. The van der Waals surface area contributed by atoms with Gasteiger partial charge in [-0.2, -0.15) is 0 Å². The Morgan fingerprint density at radius 3 is 0.640 bits per heavy atom. The molecule has 125 heavy (non-hydrogen) atoms. The third-order valence-corrected chi connectivity index (χ3v) is 17.3. The van der Waals surface area contributed by atoms with Crippen LogP contribution < -0.4 is 27.0 Å². The summed E-state index contributed by atoms with van der Waals surface area (Å²) in [4.78, 5) is 51.8. The molecule has 38 N–H and O–H groups in total. The number of carbonyl (C=O) groups excluding carboxylic acids is 4. The lowest BCUT2D eigenvalue weighted by Gasteiger charge is -2.33. The number of nitrogens with one attached hydrogen (secondary N) is 4. The zero-order valence-corrected chi connectivity index (χ0v) is 69.2. The molecule has 55 nitrogen and oxygen atoms in total. The first-order chi connectivity index (χ1) is 59.0. The maximum Gasteiger partial charge on any atom is 0.407 e. The molecule has 0 bridgehead atoms. The zero-order valence-electron chi connectivity index (χ0n) is 69.2. The zero-order chi connectivity index (χ0) is 94.7. The lowest BCUT2D eigenvalue weighted by atomic mass is 10.0. The van der Waals surface area contributed by atoms with Crippen molar-refractivity contribution in [2.45, 2.75) is 183 Å². The van der Waals surface area contributed by atoms with Gasteiger partial charge in [0, 0.05) is 65.4 Å². The molecule has 55 heteroatoms. The molecule has 0 saturated carbocycles. The van der Waals surface area contributed by atoms with Gasteiger partial charge in [-0.3, -0.25) is 19.4 Å². The number of aliphatic hydroxyl groups is 32. The molecule has 0 rings (SSSR count). The second-order valence-corrected chi connectivity index (χ2v) is 29.3. The van der Waals surface area contributed by atoms with Crippen LogP contribution in [0.2, 0.25) is 0 Å². The Bertz CT molecular complexity index is 2600. The minimum atomic E-state index is -2.04. The van der Waals surface area contributed by atoms with Gasteiger partial charge in [-0.05, 0) is 0 Å². The van der Waals surface area contributed by atoms with Crippen LogP contribution in [0.25, 0.3) is 0 Å². The van der Waals surface area contributed by atoms with E-state index in [2.05, 4.69) is 21.3 Å². The molecular formula is C70H141N7O48. The summed E-state index contributed by atoms with van der Waals surface area (Å²) in [5, 5.41) is 329. The second-order valence-electron chi connectivity index (χ2n) is 29.3. The monoisotopic (exact) mass is 1850 g/mol. The van der Waals surface area contributed by atoms with Crippen LogP contribution in [0.1, 0.15) is 6.42 Å². The summed E-state index contributed by atoms with van der Waals surface area (Å²) >= 11 is 0. The SMILES string of the molecule is N[C@H](CC(=O)NCC(O)COCC(O)COCC(O)COCC(O)COCC(O)COCC(O)COC(=O)NCCN(C[C@H](O)[C@@H](O)[C@H](O)[C@H](O)CO)C[C@H](O)[C@@H](O)[C@H](O)[C@H](O)CO)C(=O)NCC(O)COCC(O)COCC(O)COCC(O)COCC(O)COCC(O)COC(=O)NCCN(C[C@H](O)[C@@H](O)[C@H](O)[C@H](O)CO)C[C@H](O)[C@@H](O)[C@H](O)[C@H](O)CO. The predicted molar refractivity (Wildman–Crippen MR) is 415 cm³/mol. The fraction of sp³-hybridized carbons (Fsp3) is 0.943. The van der Waals surface area contributed by atoms with Crippen molar-refractivity contribution < 1.29 is 239 Å². The van der Waals surface area contributed by atoms with Gasteiger partial charge in [-0.15, -0.1) is 0 Å². The summed E-state index contributed by atoms with van der Waals surface area (Å²) in [5.74, 6) is -1.55. The molecule has 0 aliphatic rings. The summed E-state index contributed by atoms with van der Waals surface area (Å²) in [6, 6.07) is -1.38. The van der Waals surface area contributed by atoms with Gasteiger partial charge < -0.3 is 247 Å². The van der Waals surface area contributed by atoms with Crippen LogP contribution in [0.3, 0.4) is 0 Å². The van der Waals surface area contributed by atoms with Gasteiger partial charge in [-0.1, -0.05) is 0 Å². The van der Waals surface area contributed by atoms with Gasteiger partial charge >= 0.3 is 12.2 Å². The average Bonchev–Trinajstić information content (AvgIpc) is 0.865. The lowest BCUT2D eigenvalue weighted by Crippen LogP contribution is -2.54. The fourth-order valence-electron chi connectivity index (χ4n) is 10.3. The van der Waals surface area contributed by atoms with Gasteiger partial charge in [-0.25, -0.2) is 9.59 Å². The number of rotatable bonds is 81. The van der Waals surface area contributed by atoms with E-state index in [1.807, 2.05) is 0 Å². The molecule has 12 unspecified atom stereocenters. The predicted octanol–water partition coefficient (Wildman–Crippen LogP) is -22.8. The molecule has 0 fully saturated rings. The summed E-state index contributed by atoms with van der Waals surface area (Å²) in [6.07, 6.45) is -48.8.